The van der Waals surface area contributed by atoms with E-state index >= 15 is 0 Å². The van der Waals surface area contributed by atoms with E-state index in [1.54, 1.807) is 18.3 Å². The van der Waals surface area contributed by atoms with Crippen LogP contribution < -0.4 is 10.9 Å². The summed E-state index contributed by atoms with van der Waals surface area (Å²) < 4.78 is 0. The highest BCUT2D eigenvalue weighted by molar-refractivity contribution is 6.65. The summed E-state index contributed by atoms with van der Waals surface area (Å²) in [4.78, 5) is 8.41. The molecule has 0 atom stereocenters. The highest BCUT2D eigenvalue weighted by Crippen LogP contribution is 2.19. The molecule has 0 saturated heterocycles. The van der Waals surface area contributed by atoms with Gasteiger partial charge in [0, 0.05) is 23.2 Å². The number of hydrogen-bond donors (Lipinski definition) is 4. The van der Waals surface area contributed by atoms with Crippen molar-refractivity contribution in [3.05, 3.63) is 36.7 Å². The van der Waals surface area contributed by atoms with Crippen molar-refractivity contribution in [1.82, 2.24) is 9.97 Å². The zero-order chi connectivity index (χ0) is 14.3. The van der Waals surface area contributed by atoms with Gasteiger partial charge in [0.2, 0.25) is 0 Å². The van der Waals surface area contributed by atoms with Gasteiger partial charge in [0.1, 0.15) is 0 Å². The minimum absolute atomic E-state index is 0.240. The molecule has 0 spiro atoms. The van der Waals surface area contributed by atoms with Gasteiger partial charge in [-0.15, -0.1) is 0 Å². The Morgan fingerprint density at radius 1 is 0.750 bits per heavy atom. The maximum Gasteiger partial charge on any atom is 0.489 e. The van der Waals surface area contributed by atoms with Crippen LogP contribution in [-0.2, 0) is 0 Å². The van der Waals surface area contributed by atoms with E-state index in [2.05, 4.69) is 9.97 Å². The van der Waals surface area contributed by atoms with Crippen LogP contribution in [0.1, 0.15) is 0 Å². The summed E-state index contributed by atoms with van der Waals surface area (Å²) >= 11 is 0. The van der Waals surface area contributed by atoms with Gasteiger partial charge < -0.3 is 20.1 Å². The number of hydrogen-bond acceptors (Lipinski definition) is 6. The Morgan fingerprint density at radius 3 is 2.10 bits per heavy atom. The first kappa shape index (κ1) is 13.0. The van der Waals surface area contributed by atoms with Crippen molar-refractivity contribution >= 4 is 47.0 Å². The van der Waals surface area contributed by atoms with Gasteiger partial charge in [-0.1, -0.05) is 12.1 Å². The minimum atomic E-state index is -1.69. The molecule has 3 aromatic rings. The van der Waals surface area contributed by atoms with Crippen LogP contribution in [0.3, 0.4) is 0 Å². The van der Waals surface area contributed by atoms with E-state index in [1.165, 1.54) is 18.3 Å². The van der Waals surface area contributed by atoms with Gasteiger partial charge in [0.15, 0.2) is 0 Å². The zero-order valence-corrected chi connectivity index (χ0v) is 10.3. The van der Waals surface area contributed by atoms with Crippen LogP contribution in [0.2, 0.25) is 0 Å². The largest absolute Gasteiger partial charge is 0.489 e. The van der Waals surface area contributed by atoms with Gasteiger partial charge in [-0.05, 0) is 23.1 Å². The third-order valence-electron chi connectivity index (χ3n) is 3.22. The average molecular weight is 268 g/mol. The molecule has 0 fully saturated rings. The molecule has 6 nitrogen and oxygen atoms in total. The van der Waals surface area contributed by atoms with Gasteiger partial charge in [-0.2, -0.15) is 0 Å². The second-order valence-corrected chi connectivity index (χ2v) is 4.41. The van der Waals surface area contributed by atoms with Crippen LogP contribution in [0, 0.1) is 0 Å². The summed E-state index contributed by atoms with van der Waals surface area (Å²) in [5.41, 5.74) is 1.45. The molecule has 2 heterocycles. The van der Waals surface area contributed by atoms with Crippen molar-refractivity contribution in [1.29, 1.82) is 0 Å². The van der Waals surface area contributed by atoms with E-state index in [-0.39, 0.29) is 10.9 Å². The Morgan fingerprint density at radius 2 is 1.40 bits per heavy atom. The molecule has 3 rings (SSSR count). The first-order valence-electron chi connectivity index (χ1n) is 5.98. The fourth-order valence-corrected chi connectivity index (χ4v) is 2.33. The quantitative estimate of drug-likeness (QED) is 0.321. The normalized spacial score (nSPS) is 11.0. The second-order valence-electron chi connectivity index (χ2n) is 4.41. The fraction of sp³-hybridized carbons (Fsp3) is 0. The molecule has 0 aliphatic rings. The molecule has 0 aliphatic carbocycles. The molecule has 0 saturated carbocycles. The summed E-state index contributed by atoms with van der Waals surface area (Å²) in [6.45, 7) is 0. The van der Waals surface area contributed by atoms with E-state index < -0.39 is 14.2 Å². The molecule has 0 unspecified atom stereocenters. The highest BCUT2D eigenvalue weighted by Gasteiger charge is 2.22. The summed E-state index contributed by atoms with van der Waals surface area (Å²) in [6.07, 6.45) is 3.03. The van der Waals surface area contributed by atoms with Gasteiger partial charge in [0.25, 0.3) is 0 Å². The highest BCUT2D eigenvalue weighted by atomic mass is 16.4. The van der Waals surface area contributed by atoms with Crippen molar-refractivity contribution in [2.75, 3.05) is 0 Å². The maximum atomic E-state index is 9.49. The molecule has 98 valence electrons. The molecule has 0 radical (unpaired) electrons. The lowest BCUT2D eigenvalue weighted by atomic mass is 9.73. The lowest BCUT2D eigenvalue weighted by Crippen LogP contribution is -2.34. The minimum Gasteiger partial charge on any atom is -0.423 e. The van der Waals surface area contributed by atoms with E-state index in [0.717, 1.165) is 0 Å². The standard InChI is InChI=1S/C12H10B2N2O4/c17-13(18)9-3-5-16-12-8(9)6-10(14(19)20)7-2-1-4-15-11(7)12/h1-6,17-20H. The van der Waals surface area contributed by atoms with Crippen LogP contribution in [-0.4, -0.2) is 44.3 Å². The van der Waals surface area contributed by atoms with Gasteiger partial charge in [0.05, 0.1) is 11.0 Å². The van der Waals surface area contributed by atoms with E-state index in [4.69, 9.17) is 0 Å². The lowest BCUT2D eigenvalue weighted by molar-refractivity contribution is 0.424. The third kappa shape index (κ3) is 1.95. The molecule has 8 heteroatoms. The Labute approximate surface area is 114 Å². The Balaban J connectivity index is 2.52. The van der Waals surface area contributed by atoms with Crippen LogP contribution >= 0.6 is 0 Å². The zero-order valence-electron chi connectivity index (χ0n) is 10.3. The third-order valence-corrected chi connectivity index (χ3v) is 3.22. The average Bonchev–Trinajstić information content (AvgIpc) is 2.45. The fourth-order valence-electron chi connectivity index (χ4n) is 2.33. The predicted molar refractivity (Wildman–Crippen MR) is 76.7 cm³/mol. The molecule has 4 N–H and O–H groups in total. The van der Waals surface area contributed by atoms with Crippen molar-refractivity contribution in [3.8, 4) is 0 Å². The monoisotopic (exact) mass is 268 g/mol. The number of rotatable bonds is 2. The van der Waals surface area contributed by atoms with Crippen LogP contribution in [0.5, 0.6) is 0 Å². The number of nitrogens with zero attached hydrogens (tertiary/aromatic N) is 2. The molecule has 1 aromatic carbocycles. The Hall–Kier alpha value is -1.99. The Kier molecular flexibility index (Phi) is 3.15. The van der Waals surface area contributed by atoms with Crippen molar-refractivity contribution in [2.45, 2.75) is 0 Å². The van der Waals surface area contributed by atoms with E-state index in [1.807, 2.05) is 0 Å². The number of pyridine rings is 2. The van der Waals surface area contributed by atoms with Gasteiger partial charge in [-0.25, -0.2) is 0 Å². The van der Waals surface area contributed by atoms with Crippen molar-refractivity contribution < 1.29 is 20.1 Å². The molecular weight excluding hydrogens is 258 g/mol. The van der Waals surface area contributed by atoms with Gasteiger partial charge >= 0.3 is 14.2 Å². The van der Waals surface area contributed by atoms with Crippen LogP contribution in [0.4, 0.5) is 0 Å². The van der Waals surface area contributed by atoms with Crippen LogP contribution in [0.15, 0.2) is 36.7 Å². The molecule has 0 bridgehead atoms. The first-order chi connectivity index (χ1) is 9.59. The summed E-state index contributed by atoms with van der Waals surface area (Å²) in [5.74, 6) is 0. The van der Waals surface area contributed by atoms with Crippen molar-refractivity contribution in [2.24, 2.45) is 0 Å². The van der Waals surface area contributed by atoms with E-state index in [0.29, 0.717) is 21.8 Å². The maximum absolute atomic E-state index is 9.49. The molecular formula is C12H10B2N2O4. The number of benzene rings is 1. The first-order valence-corrected chi connectivity index (χ1v) is 5.98. The summed E-state index contributed by atoms with van der Waals surface area (Å²) in [5, 5.41) is 38.8. The van der Waals surface area contributed by atoms with E-state index in [9.17, 15) is 20.1 Å². The summed E-state index contributed by atoms with van der Waals surface area (Å²) in [7, 11) is -3.36. The second kappa shape index (κ2) is 4.84. The van der Waals surface area contributed by atoms with Crippen molar-refractivity contribution in [3.63, 3.8) is 0 Å². The smallest absolute Gasteiger partial charge is 0.423 e. The molecule has 0 amide bonds. The lowest BCUT2D eigenvalue weighted by Gasteiger charge is -2.11. The predicted octanol–water partition coefficient (Wildman–Crippen LogP) is -1.86. The topological polar surface area (TPSA) is 107 Å². The SMILES string of the molecule is OB(O)c1cc2c(B(O)O)ccnc2c2ncccc12. The molecule has 0 aliphatic heterocycles. The Bertz CT molecular complexity index is 790. The van der Waals surface area contributed by atoms with Crippen LogP contribution in [0.25, 0.3) is 21.8 Å². The molecule has 20 heavy (non-hydrogen) atoms. The number of aromatic nitrogens is 2. The summed E-state index contributed by atoms with van der Waals surface area (Å²) in [6, 6.07) is 6.35. The van der Waals surface area contributed by atoms with Gasteiger partial charge in [-0.3, -0.25) is 9.97 Å². The molecule has 2 aromatic heterocycles. The number of fused-ring (bicyclic) bond motifs is 3.